The summed E-state index contributed by atoms with van der Waals surface area (Å²) in [5, 5.41) is 4.47. The molecule has 1 amide bonds. The quantitative estimate of drug-likeness (QED) is 0.649. The van der Waals surface area contributed by atoms with E-state index in [1.807, 2.05) is 30.3 Å². The minimum atomic E-state index is -0.200. The summed E-state index contributed by atoms with van der Waals surface area (Å²) >= 11 is 7.26. The molecule has 0 unspecified atom stereocenters. The number of aliphatic imine (C=N–C) groups is 1. The van der Waals surface area contributed by atoms with Crippen LogP contribution in [0.3, 0.4) is 0 Å². The molecule has 1 aliphatic heterocycles. The number of amides is 1. The molecule has 0 radical (unpaired) electrons. The number of thioether (sulfide) groups is 1. The van der Waals surface area contributed by atoms with Gasteiger partial charge in [-0.1, -0.05) is 35.9 Å². The number of carbonyl (C=O) groups is 1. The van der Waals surface area contributed by atoms with E-state index in [0.717, 1.165) is 5.56 Å². The van der Waals surface area contributed by atoms with Crippen molar-refractivity contribution in [1.29, 1.82) is 0 Å². The Hall–Kier alpha value is -2.90. The van der Waals surface area contributed by atoms with Crippen LogP contribution in [0, 0.1) is 6.92 Å². The molecule has 4 rings (SSSR count). The van der Waals surface area contributed by atoms with Gasteiger partial charge < -0.3 is 5.32 Å². The normalized spacial score (nSPS) is 16.7. The number of fused-ring (bicyclic) bond motifs is 1. The van der Waals surface area contributed by atoms with Gasteiger partial charge in [0.1, 0.15) is 5.82 Å². The van der Waals surface area contributed by atoms with Crippen molar-refractivity contribution in [3.63, 3.8) is 0 Å². The van der Waals surface area contributed by atoms with Gasteiger partial charge in [-0.05, 0) is 54.6 Å². The SMILES string of the molecule is Cc1nc2ccccc2c(=O)n1CCN=C1NC(=O)/C(=C/c2cccc(Cl)c2)S1. The first-order valence-corrected chi connectivity index (χ1v) is 10.2. The molecule has 146 valence electrons. The Kier molecular flexibility index (Phi) is 5.51. The number of aryl methyl sites for hydroxylation is 1. The van der Waals surface area contributed by atoms with Gasteiger partial charge in [-0.3, -0.25) is 19.1 Å². The standard InChI is InChI=1S/C21H17ClN4O2S/c1-13-24-17-8-3-2-7-16(17)20(28)26(13)10-9-23-21-25-19(27)18(29-21)12-14-5-4-6-15(22)11-14/h2-8,11-12H,9-10H2,1H3,(H,23,25,27)/b18-12-. The molecule has 1 aliphatic rings. The molecule has 1 saturated heterocycles. The van der Waals surface area contributed by atoms with E-state index in [-0.39, 0.29) is 11.5 Å². The lowest BCUT2D eigenvalue weighted by molar-refractivity contribution is -0.115. The second-order valence-electron chi connectivity index (χ2n) is 6.44. The van der Waals surface area contributed by atoms with Crippen LogP contribution in [-0.2, 0) is 11.3 Å². The second kappa shape index (κ2) is 8.23. The van der Waals surface area contributed by atoms with Crippen molar-refractivity contribution in [3.05, 3.63) is 80.2 Å². The van der Waals surface area contributed by atoms with E-state index in [0.29, 0.717) is 44.9 Å². The monoisotopic (exact) mass is 424 g/mol. The Morgan fingerprint density at radius 1 is 1.21 bits per heavy atom. The van der Waals surface area contributed by atoms with Crippen molar-refractivity contribution in [2.75, 3.05) is 6.54 Å². The summed E-state index contributed by atoms with van der Waals surface area (Å²) in [6.45, 7) is 2.54. The fraction of sp³-hybridized carbons (Fsp3) is 0.143. The predicted molar refractivity (Wildman–Crippen MR) is 118 cm³/mol. The number of halogens is 1. The number of aromatic nitrogens is 2. The first-order valence-electron chi connectivity index (χ1n) is 8.98. The first kappa shape index (κ1) is 19.4. The zero-order valence-electron chi connectivity index (χ0n) is 15.6. The third-order valence-corrected chi connectivity index (χ3v) is 5.61. The Labute approximate surface area is 176 Å². The van der Waals surface area contributed by atoms with Crippen molar-refractivity contribution in [3.8, 4) is 0 Å². The van der Waals surface area contributed by atoms with Crippen LogP contribution in [0.15, 0.2) is 63.2 Å². The second-order valence-corrected chi connectivity index (χ2v) is 7.91. The first-order chi connectivity index (χ1) is 14.0. The highest BCUT2D eigenvalue weighted by Gasteiger charge is 2.23. The average Bonchev–Trinajstić information content (AvgIpc) is 3.03. The van der Waals surface area contributed by atoms with Gasteiger partial charge >= 0.3 is 0 Å². The number of hydrogen-bond acceptors (Lipinski definition) is 5. The molecule has 0 spiro atoms. The summed E-state index contributed by atoms with van der Waals surface area (Å²) < 4.78 is 1.61. The maximum absolute atomic E-state index is 12.7. The minimum absolute atomic E-state index is 0.0852. The summed E-state index contributed by atoms with van der Waals surface area (Å²) in [5.41, 5.74) is 1.45. The van der Waals surface area contributed by atoms with E-state index < -0.39 is 0 Å². The zero-order valence-corrected chi connectivity index (χ0v) is 17.1. The third-order valence-electron chi connectivity index (χ3n) is 4.43. The van der Waals surface area contributed by atoms with Crippen LogP contribution in [0.4, 0.5) is 0 Å². The van der Waals surface area contributed by atoms with Crippen LogP contribution in [0.25, 0.3) is 17.0 Å². The maximum Gasteiger partial charge on any atom is 0.264 e. The van der Waals surface area contributed by atoms with Crippen molar-refractivity contribution in [2.45, 2.75) is 13.5 Å². The van der Waals surface area contributed by atoms with E-state index in [1.165, 1.54) is 11.8 Å². The number of amidine groups is 1. The summed E-state index contributed by atoms with van der Waals surface area (Å²) in [5.74, 6) is 0.438. The minimum Gasteiger partial charge on any atom is -0.301 e. The molecule has 1 fully saturated rings. The summed E-state index contributed by atoms with van der Waals surface area (Å²) in [7, 11) is 0. The maximum atomic E-state index is 12.7. The summed E-state index contributed by atoms with van der Waals surface area (Å²) in [6, 6.07) is 14.6. The van der Waals surface area contributed by atoms with Gasteiger partial charge in [0.2, 0.25) is 0 Å². The van der Waals surface area contributed by atoms with E-state index >= 15 is 0 Å². The molecular weight excluding hydrogens is 408 g/mol. The average molecular weight is 425 g/mol. The Morgan fingerprint density at radius 3 is 2.86 bits per heavy atom. The van der Waals surface area contributed by atoms with Crippen LogP contribution in [-0.4, -0.2) is 27.2 Å². The summed E-state index contributed by atoms with van der Waals surface area (Å²) in [4.78, 5) is 34.3. The zero-order chi connectivity index (χ0) is 20.4. The van der Waals surface area contributed by atoms with E-state index in [4.69, 9.17) is 11.6 Å². The van der Waals surface area contributed by atoms with Gasteiger partial charge in [-0.15, -0.1) is 0 Å². The van der Waals surface area contributed by atoms with Crippen molar-refractivity contribution in [1.82, 2.24) is 14.9 Å². The van der Waals surface area contributed by atoms with Gasteiger partial charge in [0.15, 0.2) is 5.17 Å². The van der Waals surface area contributed by atoms with Gasteiger partial charge in [-0.2, -0.15) is 0 Å². The molecule has 0 atom stereocenters. The fourth-order valence-electron chi connectivity index (χ4n) is 3.04. The Bertz CT molecular complexity index is 1230. The number of benzene rings is 2. The largest absolute Gasteiger partial charge is 0.301 e. The Morgan fingerprint density at radius 2 is 2.03 bits per heavy atom. The van der Waals surface area contributed by atoms with Gasteiger partial charge in [0.05, 0.1) is 22.4 Å². The number of carbonyl (C=O) groups excluding carboxylic acids is 1. The van der Waals surface area contributed by atoms with E-state index in [1.54, 1.807) is 35.8 Å². The number of nitrogens with one attached hydrogen (secondary N) is 1. The van der Waals surface area contributed by atoms with Gasteiger partial charge in [0.25, 0.3) is 11.5 Å². The van der Waals surface area contributed by atoms with Gasteiger partial charge in [-0.25, -0.2) is 4.98 Å². The van der Waals surface area contributed by atoms with Crippen LogP contribution >= 0.6 is 23.4 Å². The number of para-hydroxylation sites is 1. The van der Waals surface area contributed by atoms with Crippen molar-refractivity contribution < 1.29 is 4.79 Å². The predicted octanol–water partition coefficient (Wildman–Crippen LogP) is 3.62. The molecule has 2 heterocycles. The third kappa shape index (κ3) is 4.26. The lowest BCUT2D eigenvalue weighted by Crippen LogP contribution is -2.26. The molecule has 0 bridgehead atoms. The molecular formula is C21H17ClN4O2S. The molecule has 29 heavy (non-hydrogen) atoms. The fourth-order valence-corrected chi connectivity index (χ4v) is 4.09. The van der Waals surface area contributed by atoms with Crippen LogP contribution in [0.5, 0.6) is 0 Å². The number of nitrogens with zero attached hydrogens (tertiary/aromatic N) is 3. The van der Waals surface area contributed by atoms with Gasteiger partial charge in [0, 0.05) is 11.6 Å². The van der Waals surface area contributed by atoms with Crippen molar-refractivity contribution >= 4 is 51.4 Å². The van der Waals surface area contributed by atoms with Crippen LogP contribution in [0.1, 0.15) is 11.4 Å². The highest BCUT2D eigenvalue weighted by atomic mass is 35.5. The summed E-state index contributed by atoms with van der Waals surface area (Å²) in [6.07, 6.45) is 1.77. The number of rotatable bonds is 4. The van der Waals surface area contributed by atoms with Crippen molar-refractivity contribution in [2.24, 2.45) is 4.99 Å². The number of hydrogen-bond donors (Lipinski definition) is 1. The smallest absolute Gasteiger partial charge is 0.264 e. The highest BCUT2D eigenvalue weighted by Crippen LogP contribution is 2.26. The molecule has 0 saturated carbocycles. The van der Waals surface area contributed by atoms with E-state index in [9.17, 15) is 9.59 Å². The van der Waals surface area contributed by atoms with Crippen LogP contribution < -0.4 is 10.9 Å². The molecule has 6 nitrogen and oxygen atoms in total. The topological polar surface area (TPSA) is 76.3 Å². The molecule has 8 heteroatoms. The molecule has 2 aromatic carbocycles. The van der Waals surface area contributed by atoms with E-state index in [2.05, 4.69) is 15.3 Å². The molecule has 1 aromatic heterocycles. The molecule has 3 aromatic rings. The Balaban J connectivity index is 1.49. The molecule has 0 aliphatic carbocycles. The molecule has 1 N–H and O–H groups in total. The lowest BCUT2D eigenvalue weighted by atomic mass is 10.2. The highest BCUT2D eigenvalue weighted by molar-refractivity contribution is 8.18. The lowest BCUT2D eigenvalue weighted by Gasteiger charge is -2.09. The van der Waals surface area contributed by atoms with Crippen LogP contribution in [0.2, 0.25) is 5.02 Å².